The van der Waals surface area contributed by atoms with Gasteiger partial charge in [-0.25, -0.2) is 0 Å². The minimum Gasteiger partial charge on any atom is -0.457 e. The van der Waals surface area contributed by atoms with Crippen LogP contribution < -0.4 is 10.6 Å². The Hall–Kier alpha value is -3.03. The molecule has 0 aliphatic heterocycles. The second-order valence-corrected chi connectivity index (χ2v) is 8.05. The number of hydrogen-bond acceptors (Lipinski definition) is 6. The third-order valence-electron chi connectivity index (χ3n) is 5.68. The van der Waals surface area contributed by atoms with Gasteiger partial charge in [0.2, 0.25) is 17.6 Å². The number of rotatable bonds is 6. The van der Waals surface area contributed by atoms with E-state index in [-0.39, 0.29) is 46.6 Å². The van der Waals surface area contributed by atoms with E-state index in [1.807, 2.05) is 0 Å². The molecule has 2 bridgehead atoms. The summed E-state index contributed by atoms with van der Waals surface area (Å²) in [5.74, 6) is -1.82. The third kappa shape index (κ3) is 5.11. The Morgan fingerprint density at radius 2 is 1.63 bits per heavy atom. The van der Waals surface area contributed by atoms with Crippen molar-refractivity contribution < 1.29 is 28.7 Å². The summed E-state index contributed by atoms with van der Waals surface area (Å²) < 4.78 is 5.27. The summed E-state index contributed by atoms with van der Waals surface area (Å²) in [6.07, 6.45) is 3.63. The average Bonchev–Trinajstić information content (AvgIpc) is 2.65. The predicted octanol–water partition coefficient (Wildman–Crippen LogP) is 2.72. The van der Waals surface area contributed by atoms with Gasteiger partial charge < -0.3 is 15.4 Å². The number of carbonyl (C=O) groups excluding carboxylic acids is 5. The summed E-state index contributed by atoms with van der Waals surface area (Å²) in [5, 5.41) is 5.15. The Labute approximate surface area is 174 Å². The van der Waals surface area contributed by atoms with Crippen LogP contribution in [0.15, 0.2) is 18.2 Å². The third-order valence-corrected chi connectivity index (χ3v) is 5.68. The molecule has 0 aromatic heterocycles. The van der Waals surface area contributed by atoms with E-state index in [0.29, 0.717) is 18.5 Å². The van der Waals surface area contributed by atoms with Gasteiger partial charge in [0, 0.05) is 36.9 Å². The van der Waals surface area contributed by atoms with Crippen LogP contribution in [0.4, 0.5) is 11.4 Å². The van der Waals surface area contributed by atoms with Crippen LogP contribution in [-0.4, -0.2) is 36.0 Å². The van der Waals surface area contributed by atoms with Gasteiger partial charge in [0.15, 0.2) is 6.61 Å². The van der Waals surface area contributed by atoms with E-state index in [4.69, 9.17) is 4.74 Å². The molecule has 2 aliphatic carbocycles. The lowest BCUT2D eigenvalue weighted by Gasteiger charge is -2.36. The van der Waals surface area contributed by atoms with Crippen LogP contribution >= 0.6 is 0 Å². The highest BCUT2D eigenvalue weighted by Gasteiger charge is 2.41. The molecule has 0 radical (unpaired) electrons. The zero-order chi connectivity index (χ0) is 21.8. The molecule has 8 nitrogen and oxygen atoms in total. The van der Waals surface area contributed by atoms with Gasteiger partial charge in [-0.15, -0.1) is 0 Å². The van der Waals surface area contributed by atoms with Crippen molar-refractivity contribution >= 4 is 40.7 Å². The first-order valence-corrected chi connectivity index (χ1v) is 10.2. The van der Waals surface area contributed by atoms with E-state index < -0.39 is 18.4 Å². The number of carbonyl (C=O) groups is 5. The number of nitrogens with one attached hydrogen (secondary N) is 2. The summed E-state index contributed by atoms with van der Waals surface area (Å²) in [6.45, 7) is 2.20. The van der Waals surface area contributed by atoms with Crippen LogP contribution in [0.1, 0.15) is 56.3 Å². The highest BCUT2D eigenvalue weighted by Crippen LogP contribution is 2.40. The maximum absolute atomic E-state index is 12.6. The van der Waals surface area contributed by atoms with Gasteiger partial charge in [-0.1, -0.05) is 6.42 Å². The van der Waals surface area contributed by atoms with Crippen LogP contribution in [0.2, 0.25) is 0 Å². The summed E-state index contributed by atoms with van der Waals surface area (Å²) >= 11 is 0. The molecule has 1 aromatic carbocycles. The van der Waals surface area contributed by atoms with Crippen molar-refractivity contribution in [3.8, 4) is 0 Å². The van der Waals surface area contributed by atoms with Gasteiger partial charge in [0.1, 0.15) is 5.78 Å². The number of fused-ring (bicyclic) bond motifs is 2. The van der Waals surface area contributed by atoms with Gasteiger partial charge in [0.05, 0.1) is 11.6 Å². The number of Topliss-reactive ketones (excluding diaryl/α,β-unsaturated/α-hetero) is 2. The van der Waals surface area contributed by atoms with Crippen molar-refractivity contribution in [1.29, 1.82) is 0 Å². The number of ketones is 2. The highest BCUT2D eigenvalue weighted by atomic mass is 16.5. The zero-order valence-corrected chi connectivity index (χ0v) is 17.2. The lowest BCUT2D eigenvalue weighted by atomic mass is 9.67. The SMILES string of the molecule is CC(=O)Nc1ccc(C(=O)COC(=O)C2C[C@H]3CCC[C@@H](C2)C3=O)c(NC(C)=O)c1. The fourth-order valence-electron chi connectivity index (χ4n) is 4.37. The molecule has 3 rings (SSSR count). The van der Waals surface area contributed by atoms with E-state index >= 15 is 0 Å². The fraction of sp³-hybridized carbons (Fsp3) is 0.500. The van der Waals surface area contributed by atoms with Crippen molar-refractivity contribution in [2.24, 2.45) is 17.8 Å². The van der Waals surface area contributed by atoms with Gasteiger partial charge in [-0.2, -0.15) is 0 Å². The maximum Gasteiger partial charge on any atom is 0.309 e. The molecule has 8 heteroatoms. The van der Waals surface area contributed by atoms with Crippen molar-refractivity contribution in [1.82, 2.24) is 0 Å². The van der Waals surface area contributed by atoms with Crippen LogP contribution in [0, 0.1) is 17.8 Å². The Balaban J connectivity index is 1.65. The molecule has 0 heterocycles. The molecule has 30 heavy (non-hydrogen) atoms. The molecular formula is C22H26N2O6. The molecule has 0 saturated heterocycles. The van der Waals surface area contributed by atoms with Crippen molar-refractivity contribution in [3.63, 3.8) is 0 Å². The van der Waals surface area contributed by atoms with E-state index in [9.17, 15) is 24.0 Å². The Morgan fingerprint density at radius 1 is 1.00 bits per heavy atom. The monoisotopic (exact) mass is 414 g/mol. The molecule has 0 spiro atoms. The van der Waals surface area contributed by atoms with Crippen LogP contribution in [-0.2, 0) is 23.9 Å². The van der Waals surface area contributed by atoms with Crippen LogP contribution in [0.3, 0.4) is 0 Å². The first-order chi connectivity index (χ1) is 14.2. The summed E-state index contributed by atoms with van der Waals surface area (Å²) in [5.41, 5.74) is 0.841. The minimum atomic E-state index is -0.464. The zero-order valence-electron chi connectivity index (χ0n) is 17.2. The van der Waals surface area contributed by atoms with Gasteiger partial charge in [-0.3, -0.25) is 24.0 Å². The molecule has 2 fully saturated rings. The molecule has 2 N–H and O–H groups in total. The lowest BCUT2D eigenvalue weighted by Crippen LogP contribution is -2.39. The van der Waals surface area contributed by atoms with E-state index in [2.05, 4.69) is 10.6 Å². The Bertz CT molecular complexity index is 878. The van der Waals surface area contributed by atoms with Gasteiger partial charge in [0.25, 0.3) is 0 Å². The standard InChI is InChI=1S/C22H26N2O6/c1-12(25)23-17-6-7-18(19(10-17)24-13(2)26)20(27)11-30-22(29)16-8-14-4-3-5-15(9-16)21(14)28/h6-7,10,14-16H,3-5,8-9,11H2,1-2H3,(H,23,25)(H,24,26)/t14-,15+,16?. The second kappa shape index (κ2) is 9.19. The number of amides is 2. The van der Waals surface area contributed by atoms with E-state index in [1.54, 1.807) is 0 Å². The Kier molecular flexibility index (Phi) is 6.64. The summed E-state index contributed by atoms with van der Waals surface area (Å²) in [7, 11) is 0. The van der Waals surface area contributed by atoms with Crippen molar-refractivity contribution in [2.45, 2.75) is 46.0 Å². The van der Waals surface area contributed by atoms with E-state index in [0.717, 1.165) is 19.3 Å². The maximum atomic E-state index is 12.6. The topological polar surface area (TPSA) is 119 Å². The largest absolute Gasteiger partial charge is 0.457 e. The van der Waals surface area contributed by atoms with Crippen molar-refractivity contribution in [2.75, 3.05) is 17.2 Å². The average molecular weight is 414 g/mol. The van der Waals surface area contributed by atoms with Crippen LogP contribution in [0.25, 0.3) is 0 Å². The lowest BCUT2D eigenvalue weighted by molar-refractivity contribution is -0.152. The first kappa shape index (κ1) is 21.7. The van der Waals surface area contributed by atoms with Crippen molar-refractivity contribution in [3.05, 3.63) is 23.8 Å². The number of esters is 1. The molecule has 2 saturated carbocycles. The summed E-state index contributed by atoms with van der Waals surface area (Å²) in [4.78, 5) is 60.1. The quantitative estimate of drug-likeness (QED) is 0.546. The van der Waals surface area contributed by atoms with E-state index in [1.165, 1.54) is 32.0 Å². The molecule has 1 unspecified atom stereocenters. The normalized spacial score (nSPS) is 22.7. The molecule has 1 aromatic rings. The van der Waals surface area contributed by atoms with Crippen LogP contribution in [0.5, 0.6) is 0 Å². The number of hydrogen-bond donors (Lipinski definition) is 2. The van der Waals surface area contributed by atoms with Gasteiger partial charge >= 0.3 is 5.97 Å². The molecule has 2 aliphatic rings. The molecular weight excluding hydrogens is 388 g/mol. The minimum absolute atomic E-state index is 0.0709. The first-order valence-electron chi connectivity index (χ1n) is 10.2. The predicted molar refractivity (Wildman–Crippen MR) is 109 cm³/mol. The molecule has 160 valence electrons. The summed E-state index contributed by atoms with van der Waals surface area (Å²) in [6, 6.07) is 4.48. The number of ether oxygens (including phenoxy) is 1. The number of benzene rings is 1. The number of anilines is 2. The molecule has 3 atom stereocenters. The highest BCUT2D eigenvalue weighted by molar-refractivity contribution is 6.06. The van der Waals surface area contributed by atoms with Gasteiger partial charge in [-0.05, 0) is 43.9 Å². The fourth-order valence-corrected chi connectivity index (χ4v) is 4.37. The Morgan fingerprint density at radius 3 is 2.23 bits per heavy atom. The second-order valence-electron chi connectivity index (χ2n) is 8.05. The molecule has 2 amide bonds. The smallest absolute Gasteiger partial charge is 0.309 e.